The lowest BCUT2D eigenvalue weighted by atomic mass is 9.72. The molecule has 7 aliphatic rings. The number of ketones is 4. The summed E-state index contributed by atoms with van der Waals surface area (Å²) in [5.74, 6) is 7.68. The molecular weight excluding hydrogens is 2050 g/mol. The Hall–Kier alpha value is -8.04. The smallest absolute Gasteiger partial charge is 0.407 e. The first-order chi connectivity index (χ1) is 68.7. The minimum absolute atomic E-state index is 0.00508. The summed E-state index contributed by atoms with van der Waals surface area (Å²) in [4.78, 5) is 166. The summed E-state index contributed by atoms with van der Waals surface area (Å²) < 4.78 is 78.3. The van der Waals surface area contributed by atoms with E-state index >= 15 is 0 Å². The van der Waals surface area contributed by atoms with Crippen LogP contribution in [0.5, 0.6) is 11.5 Å². The van der Waals surface area contributed by atoms with Gasteiger partial charge in [-0.15, -0.1) is 0 Å². The summed E-state index contributed by atoms with van der Waals surface area (Å²) >= 11 is 2.89. The number of urea groups is 1. The van der Waals surface area contributed by atoms with Crippen LogP contribution in [0.15, 0.2) is 59.2 Å². The number of benzene rings is 2. The third-order valence-electron chi connectivity index (χ3n) is 26.5. The number of fused-ring (bicyclic) bond motifs is 2. The Kier molecular flexibility index (Phi) is 47.6. The van der Waals surface area contributed by atoms with Gasteiger partial charge in [0.2, 0.25) is 35.0 Å². The number of nitrogens with one attached hydrogen (secondary N) is 5. The SMILES string of the molecule is COC(=O)CC1=C2/C(=C/CSSC(C)(C)CCC(=O)CCCOCCOCCNC(=O)OCc3ccc(NC(=O)[C@H](CCCNC(N)=O)CC(=O)[C@@H](NC(=O)CCCCCN4C(=O)CC(C(C)(C)C)C4=O)C(C)C)cc3)[C@](O)(C#C/C=C\C#C[C@@H]2OC2OC(C)C(NOC3CC(O)C(SC(=O)c4c(C)c(I)c(OC5OC(C)C(O)C(OC)C5O)c(C)c4OC)C(C)O3)C(O)C2OC2CC(C)C(CC(C)=O)CO2)CC1=O. The average molecular weight is 2200 g/mol. The fourth-order valence-electron chi connectivity index (χ4n) is 18.1. The number of halogens is 1. The maximum atomic E-state index is 14.6. The highest BCUT2D eigenvalue weighted by Gasteiger charge is 2.53. The number of nitrogens with zero attached hydrogens (tertiary/aromatic N) is 1. The second kappa shape index (κ2) is 57.3. The number of hydroxylamine groups is 1. The number of amides is 7. The van der Waals surface area contributed by atoms with Crippen LogP contribution < -0.4 is 42.0 Å². The normalized spacial score (nSPS) is 27.4. The molecule has 18 unspecified atom stereocenters. The number of Topliss-reactive ketones (excluding diaryl/α,β-unsaturated/α-hetero) is 4. The van der Waals surface area contributed by atoms with E-state index in [1.54, 1.807) is 78.8 Å². The number of alkyl carbamates (subject to hydrolysis) is 1. The van der Waals surface area contributed by atoms with Gasteiger partial charge >= 0.3 is 18.1 Å². The van der Waals surface area contributed by atoms with Crippen molar-refractivity contribution in [1.82, 2.24) is 26.3 Å². The first-order valence-corrected chi connectivity index (χ1v) is 53.7. The Morgan fingerprint density at radius 1 is 0.772 bits per heavy atom. The lowest BCUT2D eigenvalue weighted by Crippen LogP contribution is -2.64. The molecule has 2 aromatic carbocycles. The number of hydrogen-bond donors (Lipinski definition) is 11. The fourth-order valence-corrected chi connectivity index (χ4v) is 22.5. The summed E-state index contributed by atoms with van der Waals surface area (Å²) in [6, 6.07) is 3.81. The van der Waals surface area contributed by atoms with Crippen LogP contribution in [-0.4, -0.2) is 294 Å². The third kappa shape index (κ3) is 35.0. The number of imide groups is 1. The highest BCUT2D eigenvalue weighted by atomic mass is 127. The molecule has 804 valence electrons. The van der Waals surface area contributed by atoms with Crippen molar-refractivity contribution in [3.8, 4) is 35.2 Å². The average Bonchev–Trinajstić information content (AvgIpc) is 1.20. The van der Waals surface area contributed by atoms with Crippen LogP contribution in [0.4, 0.5) is 15.3 Å². The van der Waals surface area contributed by atoms with Gasteiger partial charge in [0.1, 0.15) is 66.3 Å². The van der Waals surface area contributed by atoms with E-state index < -0.39 is 168 Å². The van der Waals surface area contributed by atoms with Crippen LogP contribution in [0.3, 0.4) is 0 Å². The molecule has 5 heterocycles. The van der Waals surface area contributed by atoms with E-state index in [1.165, 1.54) is 66.9 Å². The van der Waals surface area contributed by atoms with Crippen molar-refractivity contribution in [2.75, 3.05) is 85.1 Å². The fraction of sp³-hybridized carbons (Fsp3) is 0.670. The van der Waals surface area contributed by atoms with E-state index in [0.717, 1.165) is 11.8 Å². The molecule has 5 aliphatic heterocycles. The highest BCUT2D eigenvalue weighted by molar-refractivity contribution is 14.1. The Morgan fingerprint density at radius 3 is 2.14 bits per heavy atom. The lowest BCUT2D eigenvalue weighted by Gasteiger charge is -2.46. The number of carbonyl (C=O) groups is 12. The molecule has 38 nitrogen and oxygen atoms in total. The van der Waals surface area contributed by atoms with Gasteiger partial charge in [-0.1, -0.05) is 123 Å². The van der Waals surface area contributed by atoms with Crippen LogP contribution in [0.2, 0.25) is 0 Å². The molecule has 0 saturated carbocycles. The van der Waals surface area contributed by atoms with E-state index in [2.05, 4.69) is 50.4 Å². The molecule has 145 heavy (non-hydrogen) atoms. The number of methoxy groups -OCH3 is 3. The standard InChI is InChI=1S/C103H146IN7O31S3/c1-56(2)84(109-76(117)30-22-20-24-41-111-77(118)51-71(95(111)124)101(10,11)12)72(114)49-65(27-25-39-106-99(105)126)94(123)108-67-33-31-64(32-34-67)54-135-100(127)107-40-43-133-45-44-132-42-26-28-68(113)35-38-102(13,14)145-143-46-36-70-82-69(50-78(119)129-15)74(116)53-103(70,128)37-23-19-18-21-29-75(82)139-98-92(140-79-47-57(3)66(55-134-79)48-58(4)112)87(121)85(61(7)137-98)110-142-80-52-73(115)93(63(9)136-80)144-96(125)81-59(5)83(104)90(60(6)89(81)130-16)141-97-88(122)91(131-17)86(120)62(8)138-97/h18-19,31-34,36,56-57,61-63,65-66,71,73,75,79-80,84-88,91-93,97-98,110,115,120-122,128H,20,22,24-28,30,35,38-55H2,1-17H3,(H,107,127)(H,108,123)(H,109,117)(H3,105,106,126)/b19-18-,70-36-/t57?,61?,62?,63?,65-,66?,71?,73?,75+,79?,80?,84+,85?,86?,87?,88?,91?,92?,93?,97?,98?,103+/m1/s1. The summed E-state index contributed by atoms with van der Waals surface area (Å²) in [5.41, 5.74) is 7.85. The predicted octanol–water partition coefficient (Wildman–Crippen LogP) is 9.66. The van der Waals surface area contributed by atoms with E-state index in [9.17, 15) is 83.1 Å². The molecule has 5 fully saturated rings. The van der Waals surface area contributed by atoms with Gasteiger partial charge in [0.15, 0.2) is 36.0 Å². The van der Waals surface area contributed by atoms with Crippen molar-refractivity contribution in [2.24, 2.45) is 40.7 Å². The number of anilines is 1. The maximum absolute atomic E-state index is 14.6. The van der Waals surface area contributed by atoms with Crippen molar-refractivity contribution >= 4 is 132 Å². The molecule has 0 spiro atoms. The number of ether oxygens (including phenoxy) is 13. The molecule has 5 saturated heterocycles. The Bertz CT molecular complexity index is 5040. The van der Waals surface area contributed by atoms with Gasteiger partial charge in [0.05, 0.1) is 110 Å². The molecule has 2 bridgehead atoms. The van der Waals surface area contributed by atoms with E-state index in [-0.39, 0.29) is 214 Å². The maximum Gasteiger partial charge on any atom is 0.407 e. The van der Waals surface area contributed by atoms with Gasteiger partial charge in [-0.2, -0.15) is 5.48 Å². The topological polar surface area (TPSA) is 525 Å². The second-order valence-corrected chi connectivity index (χ2v) is 45.0. The van der Waals surface area contributed by atoms with Crippen molar-refractivity contribution in [3.05, 3.63) is 85.0 Å². The monoisotopic (exact) mass is 2200 g/mol. The van der Waals surface area contributed by atoms with Crippen LogP contribution in [-0.2, 0) is 107 Å². The highest BCUT2D eigenvalue weighted by Crippen LogP contribution is 2.48. The number of likely N-dealkylation sites (tertiary alicyclic amines) is 1. The molecule has 7 amide bonds. The first-order valence-electron chi connectivity index (χ1n) is 49.4. The van der Waals surface area contributed by atoms with Crippen LogP contribution >= 0.6 is 55.9 Å². The van der Waals surface area contributed by atoms with E-state index in [1.807, 2.05) is 64.1 Å². The van der Waals surface area contributed by atoms with Crippen molar-refractivity contribution in [3.63, 3.8) is 0 Å². The number of primary amides is 1. The van der Waals surface area contributed by atoms with Gasteiger partial charge < -0.3 is 119 Å². The van der Waals surface area contributed by atoms with Crippen molar-refractivity contribution in [2.45, 2.75) is 327 Å². The zero-order chi connectivity index (χ0) is 106. The molecule has 2 aliphatic carbocycles. The number of rotatable bonds is 53. The second-order valence-electron chi connectivity index (χ2n) is 39.7. The minimum atomic E-state index is -2.17. The summed E-state index contributed by atoms with van der Waals surface area (Å²) in [5, 5.41) is 68.7. The number of unbranched alkanes of at least 4 members (excludes halogenated alkanes) is 2. The summed E-state index contributed by atoms with van der Waals surface area (Å²) in [7, 11) is 6.84. The minimum Gasteiger partial charge on any atom is -0.496 e. The summed E-state index contributed by atoms with van der Waals surface area (Å²) in [6.07, 6.45) is -10.1. The molecular formula is C103H146IN7O31S3. The molecule has 12 N–H and O–H groups in total. The van der Waals surface area contributed by atoms with Crippen LogP contribution in [0.1, 0.15) is 219 Å². The van der Waals surface area contributed by atoms with Gasteiger partial charge in [-0.05, 0) is 175 Å². The van der Waals surface area contributed by atoms with Crippen molar-refractivity contribution in [1.29, 1.82) is 0 Å². The number of aliphatic hydroxyl groups excluding tert-OH is 4. The van der Waals surface area contributed by atoms with E-state index in [0.29, 0.717) is 71.1 Å². The number of nitrogens with two attached hydrogens (primary N) is 1. The number of esters is 1. The first kappa shape index (κ1) is 120. The quantitative estimate of drug-likeness (QED) is 0.00558. The third-order valence-corrected chi connectivity index (χ3v) is 32.4. The van der Waals surface area contributed by atoms with Gasteiger partial charge in [-0.3, -0.25) is 52.9 Å². The van der Waals surface area contributed by atoms with Crippen molar-refractivity contribution < 1.29 is 149 Å². The van der Waals surface area contributed by atoms with Crippen LogP contribution in [0, 0.1) is 76.1 Å². The number of aliphatic hydroxyl groups is 5. The Morgan fingerprint density at radius 2 is 1.48 bits per heavy atom. The molecule has 9 rings (SSSR count). The number of carbonyl (C=O) groups excluding carboxylic acids is 12. The molecule has 2 aromatic rings. The predicted molar refractivity (Wildman–Crippen MR) is 547 cm³/mol. The van der Waals surface area contributed by atoms with Gasteiger partial charge in [0.25, 0.3) is 0 Å². The number of allylic oxidation sites excluding steroid dienone is 2. The van der Waals surface area contributed by atoms with Gasteiger partial charge in [0, 0.05) is 129 Å². The zero-order valence-electron chi connectivity index (χ0n) is 85.8. The molecule has 0 radical (unpaired) electrons. The Labute approximate surface area is 874 Å². The van der Waals surface area contributed by atoms with Gasteiger partial charge in [-0.25, -0.2) is 9.59 Å². The number of hydrogen-bond acceptors (Lipinski definition) is 35. The molecule has 0 aromatic heterocycles. The molecule has 42 heteroatoms. The van der Waals surface area contributed by atoms with E-state index in [4.69, 9.17) is 72.2 Å². The van der Waals surface area contributed by atoms with Crippen LogP contribution in [0.25, 0.3) is 0 Å². The Balaban J connectivity index is 0.726. The summed E-state index contributed by atoms with van der Waals surface area (Å²) in [6.45, 7) is 26.7. The number of thioether (sulfide) groups is 1. The molecule has 22 atom stereocenters. The lowest BCUT2D eigenvalue weighted by molar-refractivity contribution is -0.335. The largest absolute Gasteiger partial charge is 0.496 e. The zero-order valence-corrected chi connectivity index (χ0v) is 90.4.